The maximum atomic E-state index is 8.34. The van der Waals surface area contributed by atoms with E-state index in [0.29, 0.717) is 12.4 Å². The minimum Gasteiger partial charge on any atom is -0.281 e. The molecule has 0 unspecified atom stereocenters. The van der Waals surface area contributed by atoms with Gasteiger partial charge in [0.25, 0.3) is 0 Å². The number of aliphatic imine (C=N–C) groups is 1. The van der Waals surface area contributed by atoms with Crippen molar-refractivity contribution >= 4 is 21.8 Å². The van der Waals surface area contributed by atoms with Crippen molar-refractivity contribution in [3.8, 4) is 6.19 Å². The molecule has 0 saturated carbocycles. The largest absolute Gasteiger partial charge is 0.281 e. The Hall–Kier alpha value is -1.34. The molecule has 1 aromatic rings. The minimum absolute atomic E-state index is 0.571. The van der Waals surface area contributed by atoms with Crippen LogP contribution < -0.4 is 5.32 Å². The van der Waals surface area contributed by atoms with Crippen molar-refractivity contribution in [3.63, 3.8) is 0 Å². The second-order valence-corrected chi connectivity index (χ2v) is 3.58. The quantitative estimate of drug-likeness (QED) is 0.380. The molecule has 0 aliphatic heterocycles. The molecule has 1 rings (SSSR count). The second-order valence-electron chi connectivity index (χ2n) is 2.73. The fourth-order valence-electron chi connectivity index (χ4n) is 0.951. The summed E-state index contributed by atoms with van der Waals surface area (Å²) in [6, 6.07) is 7.88. The third-order valence-corrected chi connectivity index (χ3v) is 2.45. The van der Waals surface area contributed by atoms with Crippen molar-refractivity contribution in [1.29, 1.82) is 5.26 Å². The monoisotopic (exact) mass is 251 g/mol. The average Bonchev–Trinajstić information content (AvgIpc) is 2.17. The second kappa shape index (κ2) is 5.40. The summed E-state index contributed by atoms with van der Waals surface area (Å²) in [5, 5.41) is 10.8. The average molecular weight is 252 g/mol. The van der Waals surface area contributed by atoms with E-state index in [-0.39, 0.29) is 0 Å². The van der Waals surface area contributed by atoms with Crippen molar-refractivity contribution in [2.45, 2.75) is 13.5 Å². The van der Waals surface area contributed by atoms with E-state index in [1.54, 1.807) is 6.92 Å². The fourth-order valence-corrected chi connectivity index (χ4v) is 1.36. The number of nitrogens with one attached hydrogen (secondary N) is 1. The lowest BCUT2D eigenvalue weighted by Crippen LogP contribution is -2.13. The van der Waals surface area contributed by atoms with E-state index in [1.807, 2.05) is 30.5 Å². The number of nitrogens with zero attached hydrogens (tertiary/aromatic N) is 2. The van der Waals surface area contributed by atoms with Crippen molar-refractivity contribution in [1.82, 2.24) is 5.32 Å². The summed E-state index contributed by atoms with van der Waals surface area (Å²) in [4.78, 5) is 4.20. The van der Waals surface area contributed by atoms with Crippen molar-refractivity contribution in [3.05, 3.63) is 34.3 Å². The summed E-state index contributed by atoms with van der Waals surface area (Å²) < 4.78 is 1.04. The zero-order valence-electron chi connectivity index (χ0n) is 7.79. The van der Waals surface area contributed by atoms with Crippen LogP contribution in [0.4, 0.5) is 0 Å². The fraction of sp³-hybridized carbons (Fsp3) is 0.200. The Balaban J connectivity index is 2.67. The number of hydrogen-bond donors (Lipinski definition) is 1. The number of rotatable bonds is 2. The van der Waals surface area contributed by atoms with Gasteiger partial charge in [0, 0.05) is 4.47 Å². The van der Waals surface area contributed by atoms with Crippen LogP contribution in [-0.4, -0.2) is 5.84 Å². The minimum atomic E-state index is 0.571. The van der Waals surface area contributed by atoms with Gasteiger partial charge in [-0.2, -0.15) is 5.26 Å². The Bertz CT molecular complexity index is 379. The molecule has 1 aromatic carbocycles. The van der Waals surface area contributed by atoms with E-state index in [0.717, 1.165) is 10.0 Å². The molecular weight excluding hydrogens is 242 g/mol. The first-order valence-corrected chi connectivity index (χ1v) is 4.93. The van der Waals surface area contributed by atoms with Crippen LogP contribution in [0.5, 0.6) is 0 Å². The Morgan fingerprint density at radius 2 is 2.29 bits per heavy atom. The van der Waals surface area contributed by atoms with E-state index in [1.165, 1.54) is 0 Å². The molecule has 0 aromatic heterocycles. The van der Waals surface area contributed by atoms with Crippen LogP contribution in [0.25, 0.3) is 0 Å². The predicted molar refractivity (Wildman–Crippen MR) is 59.7 cm³/mol. The zero-order valence-corrected chi connectivity index (χ0v) is 9.37. The standard InChI is InChI=1S/C10H10BrN3/c1-8(14-7-12)13-6-9-4-2-3-5-10(9)11/h2-5H,6H2,1H3,(H,13,14). The molecule has 0 heterocycles. The highest BCUT2D eigenvalue weighted by Gasteiger charge is 1.96. The van der Waals surface area contributed by atoms with Crippen LogP contribution in [0, 0.1) is 11.5 Å². The van der Waals surface area contributed by atoms with E-state index in [9.17, 15) is 0 Å². The number of hydrogen-bond acceptors (Lipinski definition) is 2. The van der Waals surface area contributed by atoms with Crippen LogP contribution in [-0.2, 0) is 6.54 Å². The first-order chi connectivity index (χ1) is 6.74. The van der Waals surface area contributed by atoms with Crippen LogP contribution in [0.15, 0.2) is 33.7 Å². The smallest absolute Gasteiger partial charge is 0.182 e. The molecular formula is C10H10BrN3. The van der Waals surface area contributed by atoms with E-state index >= 15 is 0 Å². The molecule has 0 aliphatic carbocycles. The van der Waals surface area contributed by atoms with Gasteiger partial charge in [-0.1, -0.05) is 34.1 Å². The van der Waals surface area contributed by atoms with Gasteiger partial charge in [0.2, 0.25) is 0 Å². The Labute approximate surface area is 91.6 Å². The molecule has 0 bridgehead atoms. The van der Waals surface area contributed by atoms with Crippen LogP contribution >= 0.6 is 15.9 Å². The van der Waals surface area contributed by atoms with E-state index in [4.69, 9.17) is 5.26 Å². The third kappa shape index (κ3) is 3.19. The van der Waals surface area contributed by atoms with Gasteiger partial charge in [-0.05, 0) is 18.6 Å². The lowest BCUT2D eigenvalue weighted by atomic mass is 10.2. The SMILES string of the molecule is CC(=NCc1ccccc1Br)NC#N. The molecule has 1 N–H and O–H groups in total. The van der Waals surface area contributed by atoms with E-state index in [2.05, 4.69) is 26.2 Å². The number of halogens is 1. The topological polar surface area (TPSA) is 48.2 Å². The summed E-state index contributed by atoms with van der Waals surface area (Å²) in [6.07, 6.45) is 1.83. The molecule has 0 aliphatic rings. The van der Waals surface area contributed by atoms with Gasteiger partial charge in [0.15, 0.2) is 6.19 Å². The highest BCUT2D eigenvalue weighted by Crippen LogP contribution is 2.16. The number of amidine groups is 1. The van der Waals surface area contributed by atoms with Gasteiger partial charge >= 0.3 is 0 Å². The first-order valence-electron chi connectivity index (χ1n) is 4.13. The number of nitriles is 1. The molecule has 72 valence electrons. The highest BCUT2D eigenvalue weighted by atomic mass is 79.9. The summed E-state index contributed by atoms with van der Waals surface area (Å²) >= 11 is 3.43. The molecule has 0 fully saturated rings. The molecule has 0 radical (unpaired) electrons. The maximum Gasteiger partial charge on any atom is 0.182 e. The summed E-state index contributed by atoms with van der Waals surface area (Å²) in [5.74, 6) is 0.628. The lowest BCUT2D eigenvalue weighted by Gasteiger charge is -2.00. The normalized spacial score (nSPS) is 10.8. The Kier molecular flexibility index (Phi) is 4.14. The predicted octanol–water partition coefficient (Wildman–Crippen LogP) is 2.44. The molecule has 14 heavy (non-hydrogen) atoms. The molecule has 0 spiro atoms. The van der Waals surface area contributed by atoms with Gasteiger partial charge < -0.3 is 0 Å². The summed E-state index contributed by atoms with van der Waals surface area (Å²) in [6.45, 7) is 2.34. The van der Waals surface area contributed by atoms with Crippen LogP contribution in [0.2, 0.25) is 0 Å². The third-order valence-electron chi connectivity index (χ3n) is 1.68. The van der Waals surface area contributed by atoms with Crippen molar-refractivity contribution in [2.24, 2.45) is 4.99 Å². The Morgan fingerprint density at radius 1 is 1.57 bits per heavy atom. The van der Waals surface area contributed by atoms with E-state index < -0.39 is 0 Å². The molecule has 4 heteroatoms. The molecule has 3 nitrogen and oxygen atoms in total. The van der Waals surface area contributed by atoms with Crippen LogP contribution in [0.3, 0.4) is 0 Å². The van der Waals surface area contributed by atoms with Gasteiger partial charge in [-0.15, -0.1) is 0 Å². The van der Waals surface area contributed by atoms with Gasteiger partial charge in [-0.3, -0.25) is 10.3 Å². The number of benzene rings is 1. The first kappa shape index (κ1) is 10.7. The van der Waals surface area contributed by atoms with Crippen molar-refractivity contribution in [2.75, 3.05) is 0 Å². The maximum absolute atomic E-state index is 8.34. The van der Waals surface area contributed by atoms with Crippen LogP contribution in [0.1, 0.15) is 12.5 Å². The molecule has 0 saturated heterocycles. The summed E-state index contributed by atoms with van der Waals surface area (Å²) in [5.41, 5.74) is 1.10. The summed E-state index contributed by atoms with van der Waals surface area (Å²) in [7, 11) is 0. The molecule has 0 atom stereocenters. The highest BCUT2D eigenvalue weighted by molar-refractivity contribution is 9.10. The van der Waals surface area contributed by atoms with Gasteiger partial charge in [0.1, 0.15) is 5.84 Å². The van der Waals surface area contributed by atoms with Gasteiger partial charge in [0.05, 0.1) is 6.54 Å². The Morgan fingerprint density at radius 3 is 2.93 bits per heavy atom. The molecule has 0 amide bonds. The lowest BCUT2D eigenvalue weighted by molar-refractivity contribution is 1.03. The zero-order chi connectivity index (χ0) is 10.4. The van der Waals surface area contributed by atoms with Crippen molar-refractivity contribution < 1.29 is 0 Å². The van der Waals surface area contributed by atoms with Gasteiger partial charge in [-0.25, -0.2) is 0 Å².